The van der Waals surface area contributed by atoms with Gasteiger partial charge in [-0.3, -0.25) is 9.78 Å². The average Bonchev–Trinajstić information content (AvgIpc) is 3.24. The van der Waals surface area contributed by atoms with Gasteiger partial charge in [0, 0.05) is 42.5 Å². The summed E-state index contributed by atoms with van der Waals surface area (Å²) in [4.78, 5) is 26.9. The highest BCUT2D eigenvalue weighted by molar-refractivity contribution is 9.10. The highest BCUT2D eigenvalue weighted by atomic mass is 79.9. The van der Waals surface area contributed by atoms with E-state index in [0.29, 0.717) is 17.3 Å². The molecule has 4 heterocycles. The Morgan fingerprint density at radius 3 is 2.67 bits per heavy atom. The molecule has 27 heavy (non-hydrogen) atoms. The van der Waals surface area contributed by atoms with Crippen molar-refractivity contribution >= 4 is 27.5 Å². The number of hydrogen-bond donors (Lipinski definition) is 0. The molecule has 5 nitrogen and oxygen atoms in total. The van der Waals surface area contributed by atoms with Gasteiger partial charge < -0.3 is 9.80 Å². The van der Waals surface area contributed by atoms with E-state index in [4.69, 9.17) is 0 Å². The number of likely N-dealkylation sites (tertiary alicyclic amines) is 1. The van der Waals surface area contributed by atoms with Gasteiger partial charge in [-0.05, 0) is 79.8 Å². The molecule has 6 heteroatoms. The van der Waals surface area contributed by atoms with Crippen LogP contribution in [0.25, 0.3) is 0 Å². The highest BCUT2D eigenvalue weighted by Gasteiger charge is 2.27. The van der Waals surface area contributed by atoms with Gasteiger partial charge in [-0.2, -0.15) is 0 Å². The first-order chi connectivity index (χ1) is 13.1. The number of ketones is 1. The minimum atomic E-state index is -0.0740. The first kappa shape index (κ1) is 18.6. The zero-order valence-corrected chi connectivity index (χ0v) is 17.3. The summed E-state index contributed by atoms with van der Waals surface area (Å²) >= 11 is 3.40. The fraction of sp³-hybridized carbons (Fsp3) is 0.476. The first-order valence-electron chi connectivity index (χ1n) is 9.75. The molecule has 0 radical (unpaired) electrons. The number of carbonyl (C=O) groups is 1. The van der Waals surface area contributed by atoms with Crippen LogP contribution in [0, 0.1) is 6.92 Å². The van der Waals surface area contributed by atoms with E-state index >= 15 is 0 Å². The topological polar surface area (TPSA) is 49.3 Å². The van der Waals surface area contributed by atoms with E-state index in [-0.39, 0.29) is 7.21 Å². The Bertz CT molecular complexity index is 833. The number of halogens is 1. The Labute approximate surface area is 170 Å². The molecule has 0 aliphatic carbocycles. The fourth-order valence-electron chi connectivity index (χ4n) is 4.17. The lowest BCUT2D eigenvalue weighted by atomic mass is 10.0. The van der Waals surface area contributed by atoms with Crippen molar-refractivity contribution < 1.29 is 6.22 Å². The fourth-order valence-corrected chi connectivity index (χ4v) is 4.50. The molecule has 2 saturated heterocycles. The normalized spacial score (nSPS) is 18.8. The Hall–Kier alpha value is -1.79. The second-order valence-corrected chi connectivity index (χ2v) is 8.37. The van der Waals surface area contributed by atoms with Gasteiger partial charge in [-0.15, -0.1) is 0 Å². The van der Waals surface area contributed by atoms with Crippen molar-refractivity contribution in [1.29, 1.82) is 0 Å². The molecular weight excluding hydrogens is 404 g/mol. The summed E-state index contributed by atoms with van der Waals surface area (Å²) in [5.41, 5.74) is 1.81. The minimum Gasteiger partial charge on any atom is -0.356 e. The first-order valence-corrected chi connectivity index (χ1v) is 10.5. The average molecular weight is 431 g/mol. The SMILES string of the molecule is Cc1ncc(Br)cc1C(=O)c1cccc(N2CCC(N3CCCC3)CC2)n1.[HH]. The van der Waals surface area contributed by atoms with E-state index in [1.807, 2.05) is 25.1 Å². The van der Waals surface area contributed by atoms with Crippen LogP contribution < -0.4 is 4.90 Å². The minimum absolute atomic E-state index is 0. The van der Waals surface area contributed by atoms with Crippen molar-refractivity contribution in [3.05, 3.63) is 51.9 Å². The van der Waals surface area contributed by atoms with Crippen LogP contribution in [0.4, 0.5) is 5.82 Å². The van der Waals surface area contributed by atoms with Gasteiger partial charge in [0.1, 0.15) is 11.5 Å². The zero-order chi connectivity index (χ0) is 18.8. The van der Waals surface area contributed by atoms with E-state index < -0.39 is 0 Å². The summed E-state index contributed by atoms with van der Waals surface area (Å²) < 4.78 is 0.802. The van der Waals surface area contributed by atoms with Crippen molar-refractivity contribution in [3.63, 3.8) is 0 Å². The Morgan fingerprint density at radius 1 is 1.19 bits per heavy atom. The van der Waals surface area contributed by atoms with E-state index in [0.717, 1.165) is 29.1 Å². The number of carbonyl (C=O) groups excluding carboxylic acids is 1. The van der Waals surface area contributed by atoms with Crippen LogP contribution in [-0.4, -0.2) is 52.9 Å². The zero-order valence-electron chi connectivity index (χ0n) is 15.7. The molecule has 0 unspecified atom stereocenters. The van der Waals surface area contributed by atoms with E-state index in [9.17, 15) is 4.79 Å². The summed E-state index contributed by atoms with van der Waals surface area (Å²) in [7, 11) is 0. The molecule has 0 bridgehead atoms. The number of aryl methyl sites for hydroxylation is 1. The van der Waals surface area contributed by atoms with Gasteiger partial charge in [0.15, 0.2) is 0 Å². The van der Waals surface area contributed by atoms with Gasteiger partial charge in [0.05, 0.1) is 0 Å². The van der Waals surface area contributed by atoms with Gasteiger partial charge in [-0.25, -0.2) is 4.98 Å². The van der Waals surface area contributed by atoms with Gasteiger partial charge >= 0.3 is 0 Å². The van der Waals surface area contributed by atoms with E-state index in [1.54, 1.807) is 12.3 Å². The number of piperidine rings is 1. The molecule has 0 aromatic carbocycles. The van der Waals surface area contributed by atoms with E-state index in [2.05, 4.69) is 35.7 Å². The summed E-state index contributed by atoms with van der Waals surface area (Å²) in [5.74, 6) is 0.830. The van der Waals surface area contributed by atoms with Crippen LogP contribution in [-0.2, 0) is 0 Å². The maximum absolute atomic E-state index is 12.9. The van der Waals surface area contributed by atoms with Gasteiger partial charge in [-0.1, -0.05) is 6.07 Å². The molecule has 2 fully saturated rings. The predicted molar refractivity (Wildman–Crippen MR) is 112 cm³/mol. The molecule has 4 rings (SSSR count). The lowest BCUT2D eigenvalue weighted by Crippen LogP contribution is -2.44. The van der Waals surface area contributed by atoms with Crippen molar-refractivity contribution in [2.45, 2.75) is 38.6 Å². The summed E-state index contributed by atoms with van der Waals surface area (Å²) in [6.07, 6.45) is 6.75. The van der Waals surface area contributed by atoms with Gasteiger partial charge in [0.25, 0.3) is 0 Å². The number of nitrogens with zero attached hydrogens (tertiary/aromatic N) is 4. The maximum atomic E-state index is 12.9. The van der Waals surface area contributed by atoms with Crippen molar-refractivity contribution in [2.24, 2.45) is 0 Å². The van der Waals surface area contributed by atoms with Crippen molar-refractivity contribution in [3.8, 4) is 0 Å². The van der Waals surface area contributed by atoms with Crippen LogP contribution in [0.15, 0.2) is 34.9 Å². The van der Waals surface area contributed by atoms with Crippen LogP contribution in [0.5, 0.6) is 0 Å². The quantitative estimate of drug-likeness (QED) is 0.683. The summed E-state index contributed by atoms with van der Waals surface area (Å²) in [5, 5.41) is 0. The molecule has 2 aliphatic heterocycles. The molecule has 2 aliphatic rings. The standard InChI is InChI=1S/C21H25BrN4O.H2/c1-15-18(13-16(22)14-23-15)21(27)19-5-4-6-20(24-19)26-11-7-17(8-12-26)25-9-2-3-10-25;/h4-6,13-14,17H,2-3,7-12H2,1H3;1H. The van der Waals surface area contributed by atoms with Crippen LogP contribution in [0.1, 0.15) is 48.9 Å². The lowest BCUT2D eigenvalue weighted by molar-refractivity contribution is 0.103. The predicted octanol–water partition coefficient (Wildman–Crippen LogP) is 4.09. The second kappa shape index (κ2) is 8.07. The number of anilines is 1. The number of aromatic nitrogens is 2. The highest BCUT2D eigenvalue weighted by Crippen LogP contribution is 2.25. The molecule has 0 saturated carbocycles. The molecule has 2 aromatic rings. The number of rotatable bonds is 4. The molecule has 0 atom stereocenters. The molecule has 144 valence electrons. The van der Waals surface area contributed by atoms with Crippen LogP contribution >= 0.6 is 15.9 Å². The summed E-state index contributed by atoms with van der Waals surface area (Å²) in [6, 6.07) is 8.27. The van der Waals surface area contributed by atoms with E-state index in [1.165, 1.54) is 38.8 Å². The van der Waals surface area contributed by atoms with Gasteiger partial charge in [0.2, 0.25) is 5.78 Å². The number of pyridine rings is 2. The molecule has 0 spiro atoms. The van der Waals surface area contributed by atoms with Crippen LogP contribution in [0.2, 0.25) is 0 Å². The Kier molecular flexibility index (Phi) is 5.55. The van der Waals surface area contributed by atoms with Crippen LogP contribution in [0.3, 0.4) is 0 Å². The third kappa shape index (κ3) is 4.06. The summed E-state index contributed by atoms with van der Waals surface area (Å²) in [6.45, 7) is 6.37. The third-order valence-corrected chi connectivity index (χ3v) is 6.14. The van der Waals surface area contributed by atoms with Crippen molar-refractivity contribution in [2.75, 3.05) is 31.1 Å². The maximum Gasteiger partial charge on any atom is 0.213 e. The third-order valence-electron chi connectivity index (χ3n) is 5.71. The molecule has 2 aromatic heterocycles. The molecule has 0 N–H and O–H groups in total. The van der Waals surface area contributed by atoms with Crippen molar-refractivity contribution in [1.82, 2.24) is 14.9 Å². The lowest BCUT2D eigenvalue weighted by Gasteiger charge is -2.37. The number of hydrogen-bond acceptors (Lipinski definition) is 5. The Morgan fingerprint density at radius 2 is 1.93 bits per heavy atom. The monoisotopic (exact) mass is 430 g/mol. The second-order valence-electron chi connectivity index (χ2n) is 7.46. The molecular formula is C21H27BrN4O. The Balaban J connectivity index is 0.00000225. The molecule has 0 amide bonds. The largest absolute Gasteiger partial charge is 0.356 e. The smallest absolute Gasteiger partial charge is 0.213 e.